The summed E-state index contributed by atoms with van der Waals surface area (Å²) < 4.78 is 54.7. The molecule has 0 amide bonds. The zero-order valence-electron chi connectivity index (χ0n) is 13.4. The minimum Gasteiger partial charge on any atom is -0.326 e. The summed E-state index contributed by atoms with van der Waals surface area (Å²) in [7, 11) is 0. The van der Waals surface area contributed by atoms with Crippen molar-refractivity contribution in [3.63, 3.8) is 0 Å². The molecule has 0 aliphatic heterocycles. The summed E-state index contributed by atoms with van der Waals surface area (Å²) in [5, 5.41) is 0. The molecular formula is C20H15F4N. The van der Waals surface area contributed by atoms with Crippen LogP contribution in [-0.4, -0.2) is 0 Å². The minimum absolute atomic E-state index is 0.0418. The highest BCUT2D eigenvalue weighted by Crippen LogP contribution is 2.33. The Hall–Kier alpha value is -2.66. The van der Waals surface area contributed by atoms with Gasteiger partial charge in [-0.25, -0.2) is 17.6 Å². The van der Waals surface area contributed by atoms with E-state index in [9.17, 15) is 17.6 Å². The lowest BCUT2D eigenvalue weighted by Crippen LogP contribution is -1.97. The van der Waals surface area contributed by atoms with Gasteiger partial charge >= 0.3 is 0 Å². The summed E-state index contributed by atoms with van der Waals surface area (Å²) >= 11 is 0. The second-order valence-electron chi connectivity index (χ2n) is 5.80. The van der Waals surface area contributed by atoms with Gasteiger partial charge in [0, 0.05) is 12.1 Å². The van der Waals surface area contributed by atoms with Crippen molar-refractivity contribution >= 4 is 0 Å². The fraction of sp³-hybridized carbons (Fsp3) is 0.100. The highest BCUT2D eigenvalue weighted by molar-refractivity contribution is 5.74. The fourth-order valence-corrected chi connectivity index (χ4v) is 2.81. The van der Waals surface area contributed by atoms with Gasteiger partial charge in [-0.15, -0.1) is 0 Å². The number of aryl methyl sites for hydroxylation is 1. The molecule has 0 unspecified atom stereocenters. The van der Waals surface area contributed by atoms with Crippen molar-refractivity contribution < 1.29 is 17.6 Å². The van der Waals surface area contributed by atoms with Gasteiger partial charge in [-0.2, -0.15) is 0 Å². The zero-order valence-corrected chi connectivity index (χ0v) is 13.4. The third-order valence-corrected chi connectivity index (χ3v) is 4.08. The van der Waals surface area contributed by atoms with Crippen LogP contribution >= 0.6 is 0 Å². The third-order valence-electron chi connectivity index (χ3n) is 4.08. The Balaban J connectivity index is 2.09. The van der Waals surface area contributed by atoms with E-state index in [-0.39, 0.29) is 11.1 Å². The molecule has 0 spiro atoms. The number of hydrogen-bond acceptors (Lipinski definition) is 1. The third kappa shape index (κ3) is 3.28. The maximum absolute atomic E-state index is 14.6. The Morgan fingerprint density at radius 1 is 0.720 bits per heavy atom. The minimum atomic E-state index is -1.57. The molecule has 0 bridgehead atoms. The van der Waals surface area contributed by atoms with E-state index in [4.69, 9.17) is 5.73 Å². The predicted octanol–water partition coefficient (Wildman–Crippen LogP) is 5.34. The molecule has 3 aromatic carbocycles. The van der Waals surface area contributed by atoms with E-state index >= 15 is 0 Å². The molecule has 1 nitrogen and oxygen atoms in total. The number of halogens is 4. The largest absolute Gasteiger partial charge is 0.326 e. The van der Waals surface area contributed by atoms with Crippen molar-refractivity contribution in [3.8, 4) is 22.3 Å². The van der Waals surface area contributed by atoms with Gasteiger partial charge in [-0.05, 0) is 52.9 Å². The van der Waals surface area contributed by atoms with Gasteiger partial charge in [0.1, 0.15) is 5.82 Å². The summed E-state index contributed by atoms with van der Waals surface area (Å²) in [6.07, 6.45) is 0. The smallest absolute Gasteiger partial charge is 0.194 e. The van der Waals surface area contributed by atoms with Crippen molar-refractivity contribution in [3.05, 3.63) is 82.9 Å². The molecule has 3 aromatic rings. The quantitative estimate of drug-likeness (QED) is 0.503. The highest BCUT2D eigenvalue weighted by Gasteiger charge is 2.16. The molecule has 0 aromatic heterocycles. The van der Waals surface area contributed by atoms with Crippen LogP contribution in [-0.2, 0) is 6.54 Å². The molecule has 0 aliphatic rings. The summed E-state index contributed by atoms with van der Waals surface area (Å²) in [6, 6.07) is 11.9. The second kappa shape index (κ2) is 6.69. The molecular weight excluding hydrogens is 330 g/mol. The Kier molecular flexibility index (Phi) is 4.59. The molecule has 128 valence electrons. The van der Waals surface area contributed by atoms with Gasteiger partial charge in [-0.1, -0.05) is 30.3 Å². The van der Waals surface area contributed by atoms with Crippen molar-refractivity contribution in [2.24, 2.45) is 5.73 Å². The van der Waals surface area contributed by atoms with Crippen LogP contribution in [0.25, 0.3) is 22.3 Å². The average Bonchev–Trinajstić information content (AvgIpc) is 2.59. The molecule has 0 saturated carbocycles. The molecule has 0 fully saturated rings. The average molecular weight is 345 g/mol. The molecule has 0 aliphatic carbocycles. The second-order valence-corrected chi connectivity index (χ2v) is 5.80. The number of benzene rings is 3. The lowest BCUT2D eigenvalue weighted by atomic mass is 9.94. The first-order valence-corrected chi connectivity index (χ1v) is 7.65. The Bertz CT molecular complexity index is 887. The first-order chi connectivity index (χ1) is 11.9. The first-order valence-electron chi connectivity index (χ1n) is 7.65. The maximum atomic E-state index is 14.6. The monoisotopic (exact) mass is 345 g/mol. The molecule has 5 heteroatoms. The van der Waals surface area contributed by atoms with E-state index in [0.717, 1.165) is 23.3 Å². The first kappa shape index (κ1) is 17.2. The topological polar surface area (TPSA) is 26.0 Å². The van der Waals surface area contributed by atoms with Crippen molar-refractivity contribution in [1.29, 1.82) is 0 Å². The standard InChI is InChI=1S/C20H15F4N/c1-11-6-14(13-4-2-12(10-25)3-5-13)7-16(21)19(11)15-8-17(22)20(24)18(23)9-15/h2-9H,10,25H2,1H3. The zero-order chi connectivity index (χ0) is 18.1. The van der Waals surface area contributed by atoms with Gasteiger partial charge < -0.3 is 5.73 Å². The normalized spacial score (nSPS) is 11.0. The van der Waals surface area contributed by atoms with Gasteiger partial charge in [0.05, 0.1) is 0 Å². The Labute approximate surface area is 142 Å². The molecule has 3 rings (SSSR count). The van der Waals surface area contributed by atoms with Crippen LogP contribution in [0.5, 0.6) is 0 Å². The van der Waals surface area contributed by atoms with Crippen LogP contribution in [0.3, 0.4) is 0 Å². The van der Waals surface area contributed by atoms with Crippen LogP contribution in [0.15, 0.2) is 48.5 Å². The van der Waals surface area contributed by atoms with E-state index in [2.05, 4.69) is 0 Å². The van der Waals surface area contributed by atoms with Crippen LogP contribution in [0, 0.1) is 30.2 Å². The molecule has 0 atom stereocenters. The summed E-state index contributed by atoms with van der Waals surface area (Å²) in [6.45, 7) is 2.05. The Morgan fingerprint density at radius 3 is 1.80 bits per heavy atom. The Morgan fingerprint density at radius 2 is 1.28 bits per heavy atom. The van der Waals surface area contributed by atoms with Gasteiger partial charge in [0.2, 0.25) is 0 Å². The van der Waals surface area contributed by atoms with Crippen LogP contribution in [0.2, 0.25) is 0 Å². The van der Waals surface area contributed by atoms with Gasteiger partial charge in [0.25, 0.3) is 0 Å². The lowest BCUT2D eigenvalue weighted by Gasteiger charge is -2.12. The van der Waals surface area contributed by atoms with Gasteiger partial charge in [0.15, 0.2) is 17.5 Å². The van der Waals surface area contributed by atoms with Crippen LogP contribution < -0.4 is 5.73 Å². The van der Waals surface area contributed by atoms with E-state index in [1.807, 2.05) is 24.3 Å². The van der Waals surface area contributed by atoms with Crippen LogP contribution in [0.1, 0.15) is 11.1 Å². The summed E-state index contributed by atoms with van der Waals surface area (Å²) in [5.74, 6) is -4.91. The van der Waals surface area contributed by atoms with E-state index in [0.29, 0.717) is 17.7 Å². The number of nitrogens with two attached hydrogens (primary N) is 1. The molecule has 25 heavy (non-hydrogen) atoms. The van der Waals surface area contributed by atoms with Gasteiger partial charge in [-0.3, -0.25) is 0 Å². The van der Waals surface area contributed by atoms with Crippen molar-refractivity contribution in [1.82, 2.24) is 0 Å². The van der Waals surface area contributed by atoms with E-state index < -0.39 is 23.3 Å². The van der Waals surface area contributed by atoms with Crippen molar-refractivity contribution in [2.75, 3.05) is 0 Å². The number of hydrogen-bond donors (Lipinski definition) is 1. The lowest BCUT2D eigenvalue weighted by molar-refractivity contribution is 0.447. The maximum Gasteiger partial charge on any atom is 0.194 e. The molecule has 0 saturated heterocycles. The highest BCUT2D eigenvalue weighted by atomic mass is 19.2. The molecule has 0 heterocycles. The molecule has 0 radical (unpaired) electrons. The predicted molar refractivity (Wildman–Crippen MR) is 89.8 cm³/mol. The van der Waals surface area contributed by atoms with Crippen LogP contribution in [0.4, 0.5) is 17.6 Å². The van der Waals surface area contributed by atoms with E-state index in [1.165, 1.54) is 6.07 Å². The fourth-order valence-electron chi connectivity index (χ4n) is 2.81. The molecule has 2 N–H and O–H groups in total. The SMILES string of the molecule is Cc1cc(-c2ccc(CN)cc2)cc(F)c1-c1cc(F)c(F)c(F)c1. The van der Waals surface area contributed by atoms with E-state index in [1.54, 1.807) is 13.0 Å². The summed E-state index contributed by atoms with van der Waals surface area (Å²) in [4.78, 5) is 0. The summed E-state index contributed by atoms with van der Waals surface area (Å²) in [5.41, 5.74) is 8.42. The number of rotatable bonds is 3. The van der Waals surface area contributed by atoms with Crippen molar-refractivity contribution in [2.45, 2.75) is 13.5 Å².